The fraction of sp³-hybridized carbons (Fsp3) is 0.300. The van der Waals surface area contributed by atoms with Crippen molar-refractivity contribution in [3.05, 3.63) is 71.9 Å². The van der Waals surface area contributed by atoms with Crippen molar-refractivity contribution < 1.29 is 17.1 Å². The Morgan fingerprint density at radius 1 is 1.08 bits per heavy atom. The van der Waals surface area contributed by atoms with Crippen molar-refractivity contribution in [3.63, 3.8) is 0 Å². The molecule has 0 unspecified atom stereocenters. The molecular formula is C20H21F4NS. The topological polar surface area (TPSA) is 12.0 Å². The molecule has 140 valence electrons. The third kappa shape index (κ3) is 5.53. The van der Waals surface area contributed by atoms with Crippen LogP contribution < -0.4 is 5.32 Å². The molecule has 0 aliphatic rings. The van der Waals surface area contributed by atoms with Gasteiger partial charge in [0.05, 0.1) is 17.7 Å². The predicted molar refractivity (Wildman–Crippen MR) is 99.7 cm³/mol. The molecule has 0 bridgehead atoms. The lowest BCUT2D eigenvalue weighted by molar-refractivity contribution is -0.137. The Hall–Kier alpha value is -1.95. The summed E-state index contributed by atoms with van der Waals surface area (Å²) in [6.45, 7) is 8.01. The number of hydrogen-bond acceptors (Lipinski definition) is 2. The van der Waals surface area contributed by atoms with Crippen molar-refractivity contribution in [1.82, 2.24) is 0 Å². The van der Waals surface area contributed by atoms with Crippen LogP contribution >= 0.6 is 12.1 Å². The normalized spacial score (nSPS) is 12.1. The molecule has 0 aliphatic carbocycles. The van der Waals surface area contributed by atoms with Gasteiger partial charge in [0.1, 0.15) is 0 Å². The van der Waals surface area contributed by atoms with Crippen LogP contribution in [-0.4, -0.2) is 0 Å². The highest BCUT2D eigenvalue weighted by atomic mass is 32.2. The summed E-state index contributed by atoms with van der Waals surface area (Å²) in [5.41, 5.74) is 1.10. The molecule has 0 fully saturated rings. The van der Waals surface area contributed by atoms with Crippen LogP contribution in [0.5, 0.6) is 0 Å². The fourth-order valence-electron chi connectivity index (χ4n) is 2.48. The van der Waals surface area contributed by atoms with Crippen molar-refractivity contribution >= 4 is 17.8 Å². The number of rotatable bonds is 7. The second-order valence-electron chi connectivity index (χ2n) is 6.79. The molecule has 1 N–H and O–H groups in total. The molecule has 0 heterocycles. The molecule has 1 nitrogen and oxygen atoms in total. The Morgan fingerprint density at radius 3 is 2.42 bits per heavy atom. The molecule has 0 atom stereocenters. The van der Waals surface area contributed by atoms with Crippen LogP contribution in [0, 0.1) is 5.41 Å². The van der Waals surface area contributed by atoms with Crippen LogP contribution in [0.25, 0.3) is 0 Å². The smallest absolute Gasteiger partial charge is 0.359 e. The first-order chi connectivity index (χ1) is 12.1. The van der Waals surface area contributed by atoms with Gasteiger partial charge < -0.3 is 5.32 Å². The molecule has 0 amide bonds. The van der Waals surface area contributed by atoms with E-state index in [9.17, 15) is 17.1 Å². The van der Waals surface area contributed by atoms with Gasteiger partial charge in [-0.1, -0.05) is 44.7 Å². The minimum atomic E-state index is -4.34. The monoisotopic (exact) mass is 383 g/mol. The van der Waals surface area contributed by atoms with Crippen molar-refractivity contribution in [3.8, 4) is 0 Å². The zero-order valence-corrected chi connectivity index (χ0v) is 15.5. The summed E-state index contributed by atoms with van der Waals surface area (Å²) in [6, 6.07) is 12.3. The van der Waals surface area contributed by atoms with E-state index < -0.39 is 11.7 Å². The maximum atomic E-state index is 12.8. The zero-order chi connectivity index (χ0) is 19.4. The van der Waals surface area contributed by atoms with Gasteiger partial charge in [-0.25, -0.2) is 0 Å². The third-order valence-electron chi connectivity index (χ3n) is 4.33. The molecule has 26 heavy (non-hydrogen) atoms. The van der Waals surface area contributed by atoms with Gasteiger partial charge in [-0.05, 0) is 42.7 Å². The number of benzene rings is 2. The number of aryl methyl sites for hydroxylation is 1. The number of halogens is 4. The molecule has 0 saturated heterocycles. The molecule has 0 saturated carbocycles. The Labute approximate surface area is 155 Å². The Morgan fingerprint density at radius 2 is 1.77 bits per heavy atom. The largest absolute Gasteiger partial charge is 0.416 e. The highest BCUT2D eigenvalue weighted by Crippen LogP contribution is 2.34. The summed E-state index contributed by atoms with van der Waals surface area (Å²) < 4.78 is 51.2. The second-order valence-corrected chi connectivity index (χ2v) is 7.42. The molecular weight excluding hydrogens is 362 g/mol. The predicted octanol–water partition coefficient (Wildman–Crippen LogP) is 7.27. The first-order valence-corrected chi connectivity index (χ1v) is 8.85. The van der Waals surface area contributed by atoms with E-state index in [1.54, 1.807) is 24.3 Å². The average Bonchev–Trinajstić information content (AvgIpc) is 2.59. The highest BCUT2D eigenvalue weighted by Gasteiger charge is 2.30. The van der Waals surface area contributed by atoms with Gasteiger partial charge in [-0.3, -0.25) is 0 Å². The maximum absolute atomic E-state index is 12.8. The lowest BCUT2D eigenvalue weighted by Gasteiger charge is -2.28. The van der Waals surface area contributed by atoms with E-state index in [1.807, 2.05) is 19.9 Å². The average molecular weight is 383 g/mol. The molecule has 0 spiro atoms. The summed E-state index contributed by atoms with van der Waals surface area (Å²) >= 11 is 0.167. The van der Waals surface area contributed by atoms with E-state index in [4.69, 9.17) is 0 Å². The fourth-order valence-corrected chi connectivity index (χ4v) is 2.78. The van der Waals surface area contributed by atoms with E-state index in [2.05, 4.69) is 11.9 Å². The van der Waals surface area contributed by atoms with Gasteiger partial charge >= 0.3 is 6.18 Å². The number of alkyl halides is 3. The van der Waals surface area contributed by atoms with Crippen LogP contribution in [0.15, 0.2) is 65.7 Å². The second kappa shape index (κ2) is 8.16. The van der Waals surface area contributed by atoms with Gasteiger partial charge in [0.2, 0.25) is 0 Å². The van der Waals surface area contributed by atoms with Gasteiger partial charge in [0, 0.05) is 21.7 Å². The quantitative estimate of drug-likeness (QED) is 0.505. The van der Waals surface area contributed by atoms with Crippen molar-refractivity contribution in [2.45, 2.75) is 37.8 Å². The van der Waals surface area contributed by atoms with Gasteiger partial charge in [0.25, 0.3) is 0 Å². The van der Waals surface area contributed by atoms with Gasteiger partial charge in [0.15, 0.2) is 0 Å². The molecule has 2 aromatic rings. The summed E-state index contributed by atoms with van der Waals surface area (Å²) in [6.07, 6.45) is -3.22. The van der Waals surface area contributed by atoms with Crippen molar-refractivity contribution in [2.24, 2.45) is 5.41 Å². The molecule has 2 rings (SSSR count). The summed E-state index contributed by atoms with van der Waals surface area (Å²) in [5.74, 6) is 0. The molecule has 2 aromatic carbocycles. The Kier molecular flexibility index (Phi) is 6.39. The molecule has 0 aliphatic heterocycles. The molecule has 0 aromatic heterocycles. The number of hydrogen-bond donors (Lipinski definition) is 1. The summed E-state index contributed by atoms with van der Waals surface area (Å²) in [4.78, 5) is 0.490. The van der Waals surface area contributed by atoms with Crippen LogP contribution in [-0.2, 0) is 12.6 Å². The molecule has 6 heteroatoms. The minimum Gasteiger partial charge on any atom is -0.359 e. The molecule has 0 radical (unpaired) electrons. The lowest BCUT2D eigenvalue weighted by atomic mass is 9.83. The van der Waals surface area contributed by atoms with E-state index >= 15 is 0 Å². The summed E-state index contributed by atoms with van der Waals surface area (Å²) in [7, 11) is 0. The van der Waals surface area contributed by atoms with Gasteiger partial charge in [-0.15, -0.1) is 0 Å². The maximum Gasteiger partial charge on any atom is 0.416 e. The number of allylic oxidation sites excluding steroid dienone is 1. The van der Waals surface area contributed by atoms with Crippen LogP contribution in [0.3, 0.4) is 0 Å². The first kappa shape index (κ1) is 20.4. The standard InChI is InChI=1S/C20H21F4NS/c1-14(25-17-8-5-9-18(13-17)26-24)19(2,3)11-10-15-6-4-7-16(12-15)20(21,22)23/h4-9,12-13,25H,1,10-11H2,2-3H3. The number of nitrogens with one attached hydrogen (secondary N) is 1. The first-order valence-electron chi connectivity index (χ1n) is 8.13. The van der Waals surface area contributed by atoms with Crippen molar-refractivity contribution in [2.75, 3.05) is 5.32 Å². The van der Waals surface area contributed by atoms with E-state index in [1.165, 1.54) is 12.1 Å². The summed E-state index contributed by atoms with van der Waals surface area (Å²) in [5, 5.41) is 3.17. The Bertz CT molecular complexity index is 768. The van der Waals surface area contributed by atoms with Crippen molar-refractivity contribution in [1.29, 1.82) is 0 Å². The number of anilines is 1. The van der Waals surface area contributed by atoms with Crippen LogP contribution in [0.1, 0.15) is 31.4 Å². The SMILES string of the molecule is C=C(Nc1cccc(SF)c1)C(C)(C)CCc1cccc(C(F)(F)F)c1. The van der Waals surface area contributed by atoms with Gasteiger partial charge in [-0.2, -0.15) is 17.1 Å². The lowest BCUT2D eigenvalue weighted by Crippen LogP contribution is -2.21. The van der Waals surface area contributed by atoms with Crippen LogP contribution in [0.2, 0.25) is 0 Å². The van der Waals surface area contributed by atoms with E-state index in [0.29, 0.717) is 23.3 Å². The minimum absolute atomic E-state index is 0.167. The Balaban J connectivity index is 2.02. The zero-order valence-electron chi connectivity index (χ0n) is 14.7. The third-order valence-corrected chi connectivity index (χ3v) is 4.76. The van der Waals surface area contributed by atoms with Crippen LogP contribution in [0.4, 0.5) is 22.7 Å². The van der Waals surface area contributed by atoms with E-state index in [0.717, 1.165) is 17.5 Å². The highest BCUT2D eigenvalue weighted by molar-refractivity contribution is 7.94. The van der Waals surface area contributed by atoms with E-state index in [-0.39, 0.29) is 17.6 Å².